The Kier molecular flexibility index (Phi) is 3.56. The van der Waals surface area contributed by atoms with Gasteiger partial charge in [0.15, 0.2) is 0 Å². The van der Waals surface area contributed by atoms with Crippen LogP contribution in [-0.4, -0.2) is 15.5 Å². The molecule has 1 aliphatic rings. The van der Waals surface area contributed by atoms with Crippen LogP contribution in [0.4, 0.5) is 0 Å². The fourth-order valence-electron chi connectivity index (χ4n) is 2.95. The van der Waals surface area contributed by atoms with Crippen molar-refractivity contribution >= 4 is 16.8 Å². The van der Waals surface area contributed by atoms with Crippen LogP contribution in [0.25, 0.3) is 10.9 Å². The number of amides is 1. The predicted molar refractivity (Wildman–Crippen MR) is 85.6 cm³/mol. The van der Waals surface area contributed by atoms with Gasteiger partial charge in [0.1, 0.15) is 11.9 Å². The third-order valence-corrected chi connectivity index (χ3v) is 4.08. The first-order valence-corrected chi connectivity index (χ1v) is 7.47. The second kappa shape index (κ2) is 5.40. The number of para-hydroxylation sites is 1. The van der Waals surface area contributed by atoms with Crippen molar-refractivity contribution in [2.75, 3.05) is 0 Å². The second-order valence-corrected chi connectivity index (χ2v) is 5.93. The Hall–Kier alpha value is -2.43. The molecule has 2 heterocycles. The van der Waals surface area contributed by atoms with Crippen LogP contribution in [0.3, 0.4) is 0 Å². The van der Waals surface area contributed by atoms with E-state index in [0.29, 0.717) is 23.1 Å². The average molecular weight is 297 g/mol. The minimum atomic E-state index is -0.577. The Morgan fingerprint density at radius 1 is 1.36 bits per heavy atom. The van der Waals surface area contributed by atoms with Crippen molar-refractivity contribution in [1.82, 2.24) is 14.9 Å². The van der Waals surface area contributed by atoms with Gasteiger partial charge in [-0.05, 0) is 24.5 Å². The van der Waals surface area contributed by atoms with E-state index in [0.717, 1.165) is 0 Å². The summed E-state index contributed by atoms with van der Waals surface area (Å²) in [5.41, 5.74) is 0.505. The highest BCUT2D eigenvalue weighted by Gasteiger charge is 2.36. The third kappa shape index (κ3) is 2.13. The van der Waals surface area contributed by atoms with Gasteiger partial charge in [0, 0.05) is 0 Å². The zero-order valence-corrected chi connectivity index (χ0v) is 12.7. The highest BCUT2D eigenvalue weighted by Crippen LogP contribution is 2.29. The lowest BCUT2D eigenvalue weighted by Crippen LogP contribution is -2.49. The van der Waals surface area contributed by atoms with Gasteiger partial charge in [-0.3, -0.25) is 14.2 Å². The molecule has 2 atom stereocenters. The monoisotopic (exact) mass is 297 g/mol. The molecule has 5 heteroatoms. The molecule has 0 fully saturated rings. The summed E-state index contributed by atoms with van der Waals surface area (Å²) in [6, 6.07) is 6.41. The molecule has 114 valence electrons. The van der Waals surface area contributed by atoms with Crippen LogP contribution >= 0.6 is 0 Å². The van der Waals surface area contributed by atoms with Crippen LogP contribution in [0.5, 0.6) is 0 Å². The molecule has 2 aromatic rings. The number of rotatable bonds is 3. The zero-order valence-electron chi connectivity index (χ0n) is 12.7. The van der Waals surface area contributed by atoms with Crippen LogP contribution in [0, 0.1) is 5.92 Å². The van der Waals surface area contributed by atoms with Crippen LogP contribution in [0.1, 0.15) is 38.2 Å². The maximum Gasteiger partial charge on any atom is 0.262 e. The van der Waals surface area contributed by atoms with Crippen LogP contribution in [-0.2, 0) is 4.79 Å². The molecule has 1 N–H and O–H groups in total. The number of carbonyl (C=O) groups is 1. The Morgan fingerprint density at radius 3 is 2.77 bits per heavy atom. The van der Waals surface area contributed by atoms with E-state index in [4.69, 9.17) is 0 Å². The van der Waals surface area contributed by atoms with Gasteiger partial charge in [-0.25, -0.2) is 4.98 Å². The van der Waals surface area contributed by atoms with Crippen molar-refractivity contribution in [1.29, 1.82) is 0 Å². The summed E-state index contributed by atoms with van der Waals surface area (Å²) in [7, 11) is 0. The molecule has 1 aromatic heterocycles. The number of nitrogens with zero attached hydrogens (tertiary/aromatic N) is 2. The molecule has 1 aromatic carbocycles. The van der Waals surface area contributed by atoms with E-state index < -0.39 is 6.04 Å². The molecule has 0 saturated heterocycles. The van der Waals surface area contributed by atoms with Gasteiger partial charge in [0.25, 0.3) is 5.56 Å². The topological polar surface area (TPSA) is 64.0 Å². The van der Waals surface area contributed by atoms with Gasteiger partial charge in [0.05, 0.1) is 16.9 Å². The highest BCUT2D eigenvalue weighted by molar-refractivity contribution is 5.84. The van der Waals surface area contributed by atoms with Crippen molar-refractivity contribution in [2.24, 2.45) is 5.92 Å². The van der Waals surface area contributed by atoms with E-state index in [1.807, 2.05) is 32.0 Å². The summed E-state index contributed by atoms with van der Waals surface area (Å²) in [4.78, 5) is 29.9. The normalized spacial score (nSPS) is 20.8. The smallest absolute Gasteiger partial charge is 0.262 e. The first-order valence-electron chi connectivity index (χ1n) is 7.47. The lowest BCUT2D eigenvalue weighted by atomic mass is 9.98. The molecule has 0 saturated carbocycles. The average Bonchev–Trinajstić information content (AvgIpc) is 2.50. The van der Waals surface area contributed by atoms with E-state index in [1.165, 1.54) is 0 Å². The van der Waals surface area contributed by atoms with Crippen molar-refractivity contribution in [2.45, 2.75) is 32.4 Å². The lowest BCUT2D eigenvalue weighted by molar-refractivity contribution is -0.127. The molecule has 22 heavy (non-hydrogen) atoms. The number of benzene rings is 1. The Balaban J connectivity index is 2.35. The number of hydrogen-bond acceptors (Lipinski definition) is 3. The number of nitrogens with one attached hydrogen (secondary N) is 1. The summed E-state index contributed by atoms with van der Waals surface area (Å²) < 4.78 is 1.55. The molecule has 0 bridgehead atoms. The maximum atomic E-state index is 12.9. The van der Waals surface area contributed by atoms with Gasteiger partial charge in [-0.1, -0.05) is 32.1 Å². The first-order chi connectivity index (χ1) is 10.5. The largest absolute Gasteiger partial charge is 0.344 e. The zero-order chi connectivity index (χ0) is 15.9. The Morgan fingerprint density at radius 2 is 2.09 bits per heavy atom. The van der Waals surface area contributed by atoms with E-state index in [1.54, 1.807) is 16.7 Å². The van der Waals surface area contributed by atoms with Gasteiger partial charge in [-0.2, -0.15) is 0 Å². The molecular weight excluding hydrogens is 278 g/mol. The minimum absolute atomic E-state index is 0.146. The van der Waals surface area contributed by atoms with Crippen molar-refractivity contribution in [3.63, 3.8) is 0 Å². The molecule has 3 rings (SSSR count). The number of hydrogen-bond donors (Lipinski definition) is 1. The fraction of sp³-hybridized carbons (Fsp3) is 0.353. The molecule has 0 aliphatic carbocycles. The molecule has 1 aliphatic heterocycles. The fourth-order valence-corrected chi connectivity index (χ4v) is 2.95. The van der Waals surface area contributed by atoms with E-state index in [2.05, 4.69) is 16.9 Å². The number of carbonyl (C=O) groups excluding carboxylic acids is 1. The van der Waals surface area contributed by atoms with E-state index >= 15 is 0 Å². The van der Waals surface area contributed by atoms with Gasteiger partial charge in [-0.15, -0.1) is 6.58 Å². The molecule has 0 spiro atoms. The van der Waals surface area contributed by atoms with Crippen LogP contribution in [0.2, 0.25) is 0 Å². The van der Waals surface area contributed by atoms with Crippen molar-refractivity contribution in [3.05, 3.63) is 53.1 Å². The maximum absolute atomic E-state index is 12.9. The molecule has 0 unspecified atom stereocenters. The lowest BCUT2D eigenvalue weighted by Gasteiger charge is -2.34. The second-order valence-electron chi connectivity index (χ2n) is 5.93. The molecule has 1 amide bonds. The summed E-state index contributed by atoms with van der Waals surface area (Å²) in [6.07, 6.45) is 2.06. The summed E-state index contributed by atoms with van der Waals surface area (Å²) in [5, 5.41) is 3.53. The summed E-state index contributed by atoms with van der Waals surface area (Å²) in [6.45, 7) is 7.70. The third-order valence-electron chi connectivity index (χ3n) is 4.08. The number of fused-ring (bicyclic) bond motifs is 2. The van der Waals surface area contributed by atoms with E-state index in [9.17, 15) is 9.59 Å². The van der Waals surface area contributed by atoms with Crippen molar-refractivity contribution in [3.8, 4) is 0 Å². The molecule has 5 nitrogen and oxygen atoms in total. The van der Waals surface area contributed by atoms with Gasteiger partial charge >= 0.3 is 0 Å². The van der Waals surface area contributed by atoms with Gasteiger partial charge < -0.3 is 5.32 Å². The van der Waals surface area contributed by atoms with Gasteiger partial charge in [0.2, 0.25) is 5.91 Å². The minimum Gasteiger partial charge on any atom is -0.344 e. The van der Waals surface area contributed by atoms with Crippen molar-refractivity contribution < 1.29 is 4.79 Å². The number of allylic oxidation sites excluding steroid dienone is 1. The first kappa shape index (κ1) is 14.5. The highest BCUT2D eigenvalue weighted by atomic mass is 16.2. The number of aromatic nitrogens is 2. The Labute approximate surface area is 128 Å². The SMILES string of the molecule is C=CC[C@H]1C(=O)N[C@@H](C(C)C)c2nc3ccccc3c(=O)n21. The summed E-state index contributed by atoms with van der Waals surface area (Å²) in [5.74, 6) is 0.628. The quantitative estimate of drug-likeness (QED) is 0.884. The Bertz CT molecular complexity index is 807. The molecule has 0 radical (unpaired) electrons. The van der Waals surface area contributed by atoms with Crippen LogP contribution in [0.15, 0.2) is 41.7 Å². The molecular formula is C17H19N3O2. The predicted octanol–water partition coefficient (Wildman–Crippen LogP) is 2.34. The van der Waals surface area contributed by atoms with E-state index in [-0.39, 0.29) is 23.4 Å². The standard InChI is InChI=1S/C17H19N3O2/c1-4-7-13-16(21)19-14(10(2)3)15-18-12-9-6-5-8-11(12)17(22)20(13)15/h4-6,8-10,13-14H,1,7H2,2-3H3,(H,19,21)/t13-,14-/m0/s1. The summed E-state index contributed by atoms with van der Waals surface area (Å²) >= 11 is 0. The van der Waals surface area contributed by atoms with Crippen LogP contribution < -0.4 is 10.9 Å².